The number of piperazine rings is 1. The summed E-state index contributed by atoms with van der Waals surface area (Å²) < 4.78 is 0. The Bertz CT molecular complexity index is 370. The van der Waals surface area contributed by atoms with Crippen LogP contribution in [0, 0.1) is 0 Å². The van der Waals surface area contributed by atoms with E-state index in [1.807, 2.05) is 6.92 Å². The van der Waals surface area contributed by atoms with Crippen molar-refractivity contribution in [1.29, 1.82) is 0 Å². The van der Waals surface area contributed by atoms with E-state index in [2.05, 4.69) is 15.3 Å². The first kappa shape index (κ1) is 10.8. The maximum atomic E-state index is 11.1. The average Bonchev–Trinajstić information content (AvgIpc) is 2.29. The van der Waals surface area contributed by atoms with E-state index < -0.39 is 6.09 Å². The van der Waals surface area contributed by atoms with Crippen LogP contribution in [-0.4, -0.2) is 45.2 Å². The third-order valence-corrected chi connectivity index (χ3v) is 2.78. The van der Waals surface area contributed by atoms with Crippen molar-refractivity contribution in [3.05, 3.63) is 24.3 Å². The molecule has 1 amide bonds. The first-order valence-corrected chi connectivity index (χ1v) is 5.19. The van der Waals surface area contributed by atoms with Crippen molar-refractivity contribution in [3.63, 3.8) is 0 Å². The Kier molecular flexibility index (Phi) is 3.00. The minimum absolute atomic E-state index is 0.0553. The quantitative estimate of drug-likeness (QED) is 0.723. The third kappa shape index (κ3) is 1.96. The number of nitrogens with zero attached hydrogens (tertiary/aromatic N) is 3. The smallest absolute Gasteiger partial charge is 0.407 e. The molecule has 0 spiro atoms. The SMILES string of the molecule is CC1NCCN(C(=O)O)C1c1ccncn1. The highest BCUT2D eigenvalue weighted by Crippen LogP contribution is 2.24. The summed E-state index contributed by atoms with van der Waals surface area (Å²) in [7, 11) is 0. The van der Waals surface area contributed by atoms with Crippen molar-refractivity contribution < 1.29 is 9.90 Å². The molecule has 2 N–H and O–H groups in total. The van der Waals surface area contributed by atoms with Crippen molar-refractivity contribution in [2.24, 2.45) is 0 Å². The molecule has 1 aliphatic rings. The second-order valence-corrected chi connectivity index (χ2v) is 3.80. The minimum atomic E-state index is -0.906. The molecule has 0 bridgehead atoms. The molecule has 2 heterocycles. The van der Waals surface area contributed by atoms with Crippen LogP contribution in [-0.2, 0) is 0 Å². The zero-order valence-electron chi connectivity index (χ0n) is 9.00. The maximum Gasteiger partial charge on any atom is 0.407 e. The van der Waals surface area contributed by atoms with E-state index in [0.717, 1.165) is 5.69 Å². The van der Waals surface area contributed by atoms with Crippen LogP contribution >= 0.6 is 0 Å². The highest BCUT2D eigenvalue weighted by Gasteiger charge is 2.33. The van der Waals surface area contributed by atoms with E-state index in [-0.39, 0.29) is 12.1 Å². The normalized spacial score (nSPS) is 25.4. The van der Waals surface area contributed by atoms with Crippen LogP contribution in [0.4, 0.5) is 4.79 Å². The summed E-state index contributed by atoms with van der Waals surface area (Å²) in [4.78, 5) is 20.5. The number of rotatable bonds is 1. The molecular formula is C10H14N4O2. The summed E-state index contributed by atoms with van der Waals surface area (Å²) in [5, 5.41) is 12.4. The van der Waals surface area contributed by atoms with Gasteiger partial charge in [-0.2, -0.15) is 0 Å². The van der Waals surface area contributed by atoms with E-state index in [9.17, 15) is 4.79 Å². The topological polar surface area (TPSA) is 78.4 Å². The van der Waals surface area contributed by atoms with Gasteiger partial charge in [0.05, 0.1) is 11.7 Å². The van der Waals surface area contributed by atoms with Crippen LogP contribution in [0.15, 0.2) is 18.6 Å². The van der Waals surface area contributed by atoms with E-state index in [1.54, 1.807) is 12.3 Å². The van der Waals surface area contributed by atoms with Gasteiger partial charge in [0.25, 0.3) is 0 Å². The second-order valence-electron chi connectivity index (χ2n) is 3.80. The number of aromatic nitrogens is 2. The molecule has 6 nitrogen and oxygen atoms in total. The van der Waals surface area contributed by atoms with Gasteiger partial charge in [-0.1, -0.05) is 0 Å². The Labute approximate surface area is 93.3 Å². The van der Waals surface area contributed by atoms with Crippen molar-refractivity contribution in [3.8, 4) is 0 Å². The van der Waals surface area contributed by atoms with E-state index >= 15 is 0 Å². The van der Waals surface area contributed by atoms with Gasteiger partial charge in [0.15, 0.2) is 0 Å². The van der Waals surface area contributed by atoms with Crippen LogP contribution in [0.1, 0.15) is 18.7 Å². The Morgan fingerprint density at radius 1 is 1.69 bits per heavy atom. The lowest BCUT2D eigenvalue weighted by Gasteiger charge is -2.38. The van der Waals surface area contributed by atoms with Gasteiger partial charge in [-0.25, -0.2) is 14.8 Å². The van der Waals surface area contributed by atoms with Crippen molar-refractivity contribution in [2.45, 2.75) is 19.0 Å². The van der Waals surface area contributed by atoms with Crippen LogP contribution in [0.3, 0.4) is 0 Å². The molecular weight excluding hydrogens is 208 g/mol. The average molecular weight is 222 g/mol. The molecule has 6 heteroatoms. The van der Waals surface area contributed by atoms with Gasteiger partial charge in [0.1, 0.15) is 6.33 Å². The summed E-state index contributed by atoms with van der Waals surface area (Å²) in [6, 6.07) is 1.57. The van der Waals surface area contributed by atoms with Gasteiger partial charge >= 0.3 is 6.09 Å². The fourth-order valence-electron chi connectivity index (χ4n) is 2.04. The van der Waals surface area contributed by atoms with Crippen LogP contribution < -0.4 is 5.32 Å². The number of nitrogens with one attached hydrogen (secondary N) is 1. The number of amides is 1. The number of hydrogen-bond acceptors (Lipinski definition) is 4. The molecule has 0 saturated carbocycles. The summed E-state index contributed by atoms with van der Waals surface area (Å²) in [5.74, 6) is 0. The zero-order valence-corrected chi connectivity index (χ0v) is 9.00. The fraction of sp³-hybridized carbons (Fsp3) is 0.500. The molecule has 2 rings (SSSR count). The van der Waals surface area contributed by atoms with Crippen molar-refractivity contribution in [1.82, 2.24) is 20.2 Å². The molecule has 1 saturated heterocycles. The van der Waals surface area contributed by atoms with Gasteiger partial charge in [-0.3, -0.25) is 4.90 Å². The second kappa shape index (κ2) is 4.44. The molecule has 1 aromatic rings. The Hall–Kier alpha value is -1.69. The standard InChI is InChI=1S/C10H14N4O2/c1-7-9(8-2-3-11-6-13-8)14(10(15)16)5-4-12-7/h2-3,6-7,9,12H,4-5H2,1H3,(H,15,16). The fourth-order valence-corrected chi connectivity index (χ4v) is 2.04. The summed E-state index contributed by atoms with van der Waals surface area (Å²) in [5.41, 5.74) is 0.733. The lowest BCUT2D eigenvalue weighted by atomic mass is 10.0. The molecule has 2 atom stereocenters. The zero-order chi connectivity index (χ0) is 11.5. The molecule has 2 unspecified atom stereocenters. The van der Waals surface area contributed by atoms with Gasteiger partial charge < -0.3 is 10.4 Å². The van der Waals surface area contributed by atoms with Crippen molar-refractivity contribution in [2.75, 3.05) is 13.1 Å². The molecule has 0 aromatic carbocycles. The van der Waals surface area contributed by atoms with Gasteiger partial charge in [0, 0.05) is 25.3 Å². The first-order valence-electron chi connectivity index (χ1n) is 5.19. The van der Waals surface area contributed by atoms with Gasteiger partial charge in [-0.05, 0) is 13.0 Å². The van der Waals surface area contributed by atoms with Gasteiger partial charge in [0.2, 0.25) is 0 Å². The molecule has 1 aliphatic heterocycles. The Morgan fingerprint density at radius 2 is 2.50 bits per heavy atom. The number of carboxylic acid groups (broad SMARTS) is 1. The third-order valence-electron chi connectivity index (χ3n) is 2.78. The monoisotopic (exact) mass is 222 g/mol. The predicted octanol–water partition coefficient (Wildman–Crippen LogP) is 0.489. The lowest BCUT2D eigenvalue weighted by molar-refractivity contribution is 0.0948. The highest BCUT2D eigenvalue weighted by molar-refractivity contribution is 5.66. The molecule has 86 valence electrons. The van der Waals surface area contributed by atoms with Crippen LogP contribution in [0.5, 0.6) is 0 Å². The first-order chi connectivity index (χ1) is 7.70. The minimum Gasteiger partial charge on any atom is -0.465 e. The van der Waals surface area contributed by atoms with Crippen LogP contribution in [0.25, 0.3) is 0 Å². The Morgan fingerprint density at radius 3 is 3.12 bits per heavy atom. The number of hydrogen-bond donors (Lipinski definition) is 2. The maximum absolute atomic E-state index is 11.1. The number of carbonyl (C=O) groups is 1. The van der Waals surface area contributed by atoms with Crippen LogP contribution in [0.2, 0.25) is 0 Å². The lowest BCUT2D eigenvalue weighted by Crippen LogP contribution is -2.53. The summed E-state index contributed by atoms with van der Waals surface area (Å²) in [6.45, 7) is 3.12. The molecule has 0 radical (unpaired) electrons. The molecule has 0 aliphatic carbocycles. The highest BCUT2D eigenvalue weighted by atomic mass is 16.4. The van der Waals surface area contributed by atoms with Gasteiger partial charge in [-0.15, -0.1) is 0 Å². The largest absolute Gasteiger partial charge is 0.465 e. The summed E-state index contributed by atoms with van der Waals surface area (Å²) in [6.07, 6.45) is 2.16. The van der Waals surface area contributed by atoms with E-state index in [1.165, 1.54) is 11.2 Å². The molecule has 1 fully saturated rings. The van der Waals surface area contributed by atoms with E-state index in [0.29, 0.717) is 13.1 Å². The predicted molar refractivity (Wildman–Crippen MR) is 57.0 cm³/mol. The molecule has 1 aromatic heterocycles. The summed E-state index contributed by atoms with van der Waals surface area (Å²) >= 11 is 0. The molecule has 16 heavy (non-hydrogen) atoms. The van der Waals surface area contributed by atoms with E-state index in [4.69, 9.17) is 5.11 Å². The Balaban J connectivity index is 2.30. The van der Waals surface area contributed by atoms with Crippen molar-refractivity contribution >= 4 is 6.09 Å².